The number of nitrogens with one attached hydrogen (secondary N) is 1. The van der Waals surface area contributed by atoms with Gasteiger partial charge in [0.25, 0.3) is 5.56 Å². The minimum Gasteiger partial charge on any atom is -0.479 e. The van der Waals surface area contributed by atoms with Crippen molar-refractivity contribution in [2.24, 2.45) is 5.92 Å². The molecule has 5 aromatic rings. The van der Waals surface area contributed by atoms with Crippen LogP contribution in [0.1, 0.15) is 115 Å². The van der Waals surface area contributed by atoms with Crippen LogP contribution in [-0.2, 0) is 14.4 Å². The van der Waals surface area contributed by atoms with Crippen molar-refractivity contribution < 1.29 is 59.4 Å². The summed E-state index contributed by atoms with van der Waals surface area (Å²) in [5.41, 5.74) is 1.58. The minimum atomic E-state index is -1.49. The first-order valence-corrected chi connectivity index (χ1v) is 21.9. The first kappa shape index (κ1) is 56.2. The number of rotatable bonds is 13. The Morgan fingerprint density at radius 3 is 1.99 bits per heavy atom. The van der Waals surface area contributed by atoms with E-state index in [1.165, 1.54) is 36.5 Å². The number of allylic oxidation sites excluding steroid dienone is 1. The Bertz CT molecular complexity index is 2560. The third-order valence-electron chi connectivity index (χ3n) is 9.94. The fraction of sp³-hybridized carbons (Fsp3) is 0.280. The number of aromatic nitrogens is 2. The second-order valence-corrected chi connectivity index (χ2v) is 16.0. The lowest BCUT2D eigenvalue weighted by atomic mass is 9.87. The van der Waals surface area contributed by atoms with Crippen molar-refractivity contribution in [1.82, 2.24) is 9.97 Å². The number of hydrogen-bond acceptors (Lipinski definition) is 9. The van der Waals surface area contributed by atoms with E-state index in [2.05, 4.69) is 36.4 Å². The van der Waals surface area contributed by atoms with Crippen LogP contribution in [0.2, 0.25) is 5.02 Å². The molecule has 0 radical (unpaired) electrons. The number of thiol groups is 1. The molecule has 0 amide bonds. The maximum Gasteiger partial charge on any atom is 0.341 e. The van der Waals surface area contributed by atoms with Crippen molar-refractivity contribution in [2.75, 3.05) is 0 Å². The molecule has 0 bridgehead atoms. The summed E-state index contributed by atoms with van der Waals surface area (Å²) in [5.74, 6) is -4.84. The van der Waals surface area contributed by atoms with Gasteiger partial charge in [0.05, 0.1) is 11.3 Å². The summed E-state index contributed by atoms with van der Waals surface area (Å²) in [6.07, 6.45) is 13.7. The Labute approximate surface area is 397 Å². The second-order valence-electron chi connectivity index (χ2n) is 15.2. The molecule has 1 saturated carbocycles. The number of H-pyrrole nitrogens is 1. The van der Waals surface area contributed by atoms with E-state index in [-0.39, 0.29) is 16.4 Å². The Morgan fingerprint density at radius 2 is 1.46 bits per heavy atom. The zero-order valence-corrected chi connectivity index (χ0v) is 38.9. The molecule has 0 spiro atoms. The molecular formula is C50H55ClN2O13S. The molecule has 7 N–H and O–H groups in total. The van der Waals surface area contributed by atoms with Crippen LogP contribution in [0.3, 0.4) is 0 Å². The number of aromatic carboxylic acids is 2. The number of aliphatic hydroxyl groups is 1. The number of carbonyl (C=O) groups is 6. The fourth-order valence-electron chi connectivity index (χ4n) is 6.20. The van der Waals surface area contributed by atoms with Gasteiger partial charge in [0.1, 0.15) is 5.56 Å². The van der Waals surface area contributed by atoms with E-state index in [4.69, 9.17) is 42.2 Å². The predicted octanol–water partition coefficient (Wildman–Crippen LogP) is 10.2. The first-order chi connectivity index (χ1) is 31.7. The van der Waals surface area contributed by atoms with Crippen molar-refractivity contribution in [3.63, 3.8) is 0 Å². The van der Waals surface area contributed by atoms with Crippen LogP contribution in [0.15, 0.2) is 119 Å². The van der Waals surface area contributed by atoms with E-state index in [1.807, 2.05) is 42.5 Å². The van der Waals surface area contributed by atoms with Crippen LogP contribution in [0.5, 0.6) is 0 Å². The zero-order valence-electron chi connectivity index (χ0n) is 37.2. The molecule has 1 atom stereocenters. The number of aromatic amines is 1. The van der Waals surface area contributed by atoms with Gasteiger partial charge in [-0.1, -0.05) is 111 Å². The number of pyridine rings is 2. The third kappa shape index (κ3) is 20.9. The van der Waals surface area contributed by atoms with Crippen LogP contribution in [0.25, 0.3) is 28.1 Å². The summed E-state index contributed by atoms with van der Waals surface area (Å²) >= 11 is 9.34. The Morgan fingerprint density at radius 1 is 0.836 bits per heavy atom. The van der Waals surface area contributed by atoms with E-state index >= 15 is 0 Å². The molecule has 67 heavy (non-hydrogen) atoms. The van der Waals surface area contributed by atoms with Gasteiger partial charge < -0.3 is 35.6 Å². The Balaban J connectivity index is 0.000000297. The number of nitrogens with zero attached hydrogens (tertiary/aromatic N) is 1. The molecule has 0 saturated heterocycles. The maximum absolute atomic E-state index is 11.6. The number of halogens is 1. The molecule has 356 valence electrons. The molecule has 1 fully saturated rings. The summed E-state index contributed by atoms with van der Waals surface area (Å²) in [6, 6.07) is 24.1. The Hall–Kier alpha value is -6.88. The Kier molecular flexibility index (Phi) is 24.9. The highest BCUT2D eigenvalue weighted by Gasteiger charge is 2.19. The molecular weight excluding hydrogens is 904 g/mol. The molecule has 6 rings (SSSR count). The second kappa shape index (κ2) is 29.6. The standard InChI is InChI=1S/C14H12O2.C13H8ClNO5.C9H14O2.C8H16O3.C6H5NOS/c1-10(14(15)16)9-12-7-4-6-11-5-2-3-8-13(11)12;14-7-3-1-6(2-4-7)10-8(12(17)18)5-9(13(19)20)11(16)15-10;1-7-2-4-8(5-3-7)6-9(10)11;1-2-3-4-5-6-7(9)8(10)11;8-6(9)5-2-1-3-7-4-5/h2-9H,1H3,(H,15,16);1-5H,(H,15,16)(H,17,18)(H,19,20);6-7H,2-5H2,1H3,(H,10,11);7,9H,2-6H2,1H3,(H,10,11);1-4H,(H,8,9). The highest BCUT2D eigenvalue weighted by atomic mass is 35.5. The van der Waals surface area contributed by atoms with Crippen molar-refractivity contribution >= 4 is 76.0 Å². The van der Waals surface area contributed by atoms with Gasteiger partial charge in [-0.2, -0.15) is 0 Å². The van der Waals surface area contributed by atoms with E-state index in [9.17, 15) is 33.6 Å². The van der Waals surface area contributed by atoms with Gasteiger partial charge in [0.15, 0.2) is 6.10 Å². The molecule has 2 aromatic heterocycles. The van der Waals surface area contributed by atoms with E-state index in [1.54, 1.807) is 31.3 Å². The molecule has 1 aliphatic carbocycles. The summed E-state index contributed by atoms with van der Waals surface area (Å²) in [7, 11) is 0. The molecule has 3 aromatic carbocycles. The van der Waals surface area contributed by atoms with Gasteiger partial charge in [-0.25, -0.2) is 24.0 Å². The van der Waals surface area contributed by atoms with Crippen LogP contribution in [0.4, 0.5) is 0 Å². The fourth-order valence-corrected chi connectivity index (χ4v) is 6.46. The average Bonchev–Trinajstić information content (AvgIpc) is 3.29. The van der Waals surface area contributed by atoms with Gasteiger partial charge in [-0.05, 0) is 103 Å². The molecule has 1 unspecified atom stereocenters. The van der Waals surface area contributed by atoms with E-state index in [0.29, 0.717) is 28.1 Å². The summed E-state index contributed by atoms with van der Waals surface area (Å²) < 4.78 is 0. The number of carboxylic acids is 5. The van der Waals surface area contributed by atoms with Gasteiger partial charge in [0.2, 0.25) is 5.12 Å². The highest BCUT2D eigenvalue weighted by molar-refractivity contribution is 7.97. The quantitative estimate of drug-likeness (QED) is 0.0310. The van der Waals surface area contributed by atoms with Crippen molar-refractivity contribution in [1.29, 1.82) is 0 Å². The number of unbranched alkanes of at least 4 members (excludes halogenated alkanes) is 3. The number of aliphatic hydroxyl groups excluding tert-OH is 1. The zero-order chi connectivity index (χ0) is 50.1. The maximum atomic E-state index is 11.6. The first-order valence-electron chi connectivity index (χ1n) is 21.1. The summed E-state index contributed by atoms with van der Waals surface area (Å²) in [5, 5.41) is 54.8. The smallest absolute Gasteiger partial charge is 0.341 e. The van der Waals surface area contributed by atoms with Gasteiger partial charge >= 0.3 is 29.8 Å². The van der Waals surface area contributed by atoms with Gasteiger partial charge in [0, 0.05) is 34.6 Å². The minimum absolute atomic E-state index is 0.0316. The molecule has 0 aliphatic heterocycles. The highest BCUT2D eigenvalue weighted by Crippen LogP contribution is 2.27. The number of fused-ring (bicyclic) bond motifs is 1. The van der Waals surface area contributed by atoms with Crippen LogP contribution < -0.4 is 5.56 Å². The molecule has 1 aliphatic rings. The van der Waals surface area contributed by atoms with E-state index < -0.39 is 47.1 Å². The number of carbonyl (C=O) groups excluding carboxylic acids is 1. The lowest BCUT2D eigenvalue weighted by Crippen LogP contribution is -2.20. The lowest BCUT2D eigenvalue weighted by Gasteiger charge is -2.19. The molecule has 15 nitrogen and oxygen atoms in total. The number of hydrogen-bond donors (Lipinski definition) is 8. The third-order valence-corrected chi connectivity index (χ3v) is 10.4. The monoisotopic (exact) mass is 958 g/mol. The predicted molar refractivity (Wildman–Crippen MR) is 260 cm³/mol. The number of benzene rings is 3. The number of aliphatic carboxylic acids is 3. The van der Waals surface area contributed by atoms with Crippen molar-refractivity contribution in [3.05, 3.63) is 152 Å². The van der Waals surface area contributed by atoms with Crippen LogP contribution in [0, 0.1) is 5.92 Å². The van der Waals surface area contributed by atoms with Crippen molar-refractivity contribution in [2.45, 2.75) is 84.7 Å². The lowest BCUT2D eigenvalue weighted by molar-refractivity contribution is -0.147. The van der Waals surface area contributed by atoms with Crippen LogP contribution in [-0.4, -0.2) is 81.7 Å². The van der Waals surface area contributed by atoms with Gasteiger partial charge in [-0.3, -0.25) is 14.6 Å². The molecule has 2 heterocycles. The number of carboxylic acid groups (broad SMARTS) is 5. The summed E-state index contributed by atoms with van der Waals surface area (Å²) in [6.45, 7) is 5.91. The van der Waals surface area contributed by atoms with Crippen LogP contribution >= 0.6 is 24.2 Å². The summed E-state index contributed by atoms with van der Waals surface area (Å²) in [4.78, 5) is 81.4. The largest absolute Gasteiger partial charge is 0.479 e. The topological polar surface area (TPSA) is 270 Å². The molecule has 17 heteroatoms. The van der Waals surface area contributed by atoms with E-state index in [0.717, 1.165) is 85.3 Å². The van der Waals surface area contributed by atoms with Gasteiger partial charge in [-0.15, -0.1) is 12.6 Å². The average molecular weight is 960 g/mol. The van der Waals surface area contributed by atoms with Crippen molar-refractivity contribution in [3.8, 4) is 11.3 Å². The SMILES string of the molecule is CC(=Cc1cccc2ccccc12)C(=O)O.CC1CCC(=CC(=O)O)CC1.CCCCCCC(O)C(=O)O.O=C(O)c1cc(C(=O)O)c(=O)[nH]c1-c1ccc(Cl)cc1.O=C(S)c1cccnc1. The normalized spacial score (nSPS) is 13.3.